The third-order valence-corrected chi connectivity index (χ3v) is 3.43. The van der Waals surface area contributed by atoms with Gasteiger partial charge in [-0.05, 0) is 18.8 Å². The fraction of sp³-hybridized carbons (Fsp3) is 0.667. The van der Waals surface area contributed by atoms with Crippen LogP contribution in [0.25, 0.3) is 0 Å². The fourth-order valence-corrected chi connectivity index (χ4v) is 2.35. The third kappa shape index (κ3) is 3.06. The minimum absolute atomic E-state index is 0.0292. The molecule has 0 spiro atoms. The Hall–Kier alpha value is -1.36. The van der Waals surface area contributed by atoms with Crippen molar-refractivity contribution in [1.82, 2.24) is 10.5 Å². The summed E-state index contributed by atoms with van der Waals surface area (Å²) in [5, 5.41) is 15.6. The van der Waals surface area contributed by atoms with Gasteiger partial charge in [-0.25, -0.2) is 4.79 Å². The van der Waals surface area contributed by atoms with Crippen molar-refractivity contribution in [3.63, 3.8) is 0 Å². The lowest BCUT2D eigenvalue weighted by molar-refractivity contribution is 0.0685. The normalized spacial score (nSPS) is 24.8. The summed E-state index contributed by atoms with van der Waals surface area (Å²) >= 11 is 0. The van der Waals surface area contributed by atoms with Crippen molar-refractivity contribution >= 4 is 5.97 Å². The average Bonchev–Trinajstić information content (AvgIpc) is 2.77. The summed E-state index contributed by atoms with van der Waals surface area (Å²) in [5.41, 5.74) is -0.0292. The van der Waals surface area contributed by atoms with E-state index in [4.69, 9.17) is 9.63 Å². The first-order valence-electron chi connectivity index (χ1n) is 6.09. The number of hydrogen-bond donors (Lipinski definition) is 2. The third-order valence-electron chi connectivity index (χ3n) is 3.43. The van der Waals surface area contributed by atoms with E-state index in [0.717, 1.165) is 0 Å². The maximum Gasteiger partial charge on any atom is 0.358 e. The molecular formula is C12H18N2O3. The van der Waals surface area contributed by atoms with Crippen LogP contribution in [0.1, 0.15) is 48.9 Å². The number of nitrogens with one attached hydrogen (secondary N) is 1. The van der Waals surface area contributed by atoms with Crippen LogP contribution >= 0.6 is 0 Å². The average molecular weight is 238 g/mol. The highest BCUT2D eigenvalue weighted by molar-refractivity contribution is 5.85. The van der Waals surface area contributed by atoms with Crippen molar-refractivity contribution < 1.29 is 14.4 Å². The zero-order valence-corrected chi connectivity index (χ0v) is 9.98. The summed E-state index contributed by atoms with van der Waals surface area (Å²) in [6, 6.07) is 1.98. The number of aromatic carboxylic acids is 1. The van der Waals surface area contributed by atoms with Gasteiger partial charge in [-0.3, -0.25) is 0 Å². The molecule has 0 aliphatic heterocycles. The first-order valence-corrected chi connectivity index (χ1v) is 6.09. The van der Waals surface area contributed by atoms with Crippen LogP contribution in [-0.4, -0.2) is 22.3 Å². The Bertz CT molecular complexity index is 389. The Balaban J connectivity index is 1.86. The van der Waals surface area contributed by atoms with E-state index in [-0.39, 0.29) is 5.69 Å². The summed E-state index contributed by atoms with van der Waals surface area (Å²) in [4.78, 5) is 10.6. The van der Waals surface area contributed by atoms with Crippen LogP contribution in [0.4, 0.5) is 0 Å². The molecule has 1 fully saturated rings. The van der Waals surface area contributed by atoms with E-state index in [0.29, 0.717) is 24.3 Å². The van der Waals surface area contributed by atoms with Gasteiger partial charge in [-0.2, -0.15) is 0 Å². The number of rotatable bonds is 4. The van der Waals surface area contributed by atoms with Crippen LogP contribution in [0.2, 0.25) is 0 Å². The Morgan fingerprint density at radius 2 is 2.35 bits per heavy atom. The molecular weight excluding hydrogens is 220 g/mol. The van der Waals surface area contributed by atoms with Crippen LogP contribution in [-0.2, 0) is 6.54 Å². The van der Waals surface area contributed by atoms with Gasteiger partial charge in [0.1, 0.15) is 0 Å². The maximum absolute atomic E-state index is 10.6. The number of aromatic nitrogens is 1. The number of carbonyl (C=O) groups is 1. The molecule has 0 saturated heterocycles. The molecule has 2 rings (SSSR count). The molecule has 94 valence electrons. The topological polar surface area (TPSA) is 75.4 Å². The number of carboxylic acid groups (broad SMARTS) is 1. The summed E-state index contributed by atoms with van der Waals surface area (Å²) in [6.45, 7) is 2.80. The van der Waals surface area contributed by atoms with E-state index in [1.807, 2.05) is 0 Å². The Morgan fingerprint density at radius 1 is 1.59 bits per heavy atom. The molecule has 1 aromatic heterocycles. The van der Waals surface area contributed by atoms with Gasteiger partial charge in [-0.15, -0.1) is 0 Å². The molecule has 2 atom stereocenters. The maximum atomic E-state index is 10.6. The van der Waals surface area contributed by atoms with Crippen LogP contribution in [0.5, 0.6) is 0 Å². The lowest BCUT2D eigenvalue weighted by Gasteiger charge is -2.29. The highest BCUT2D eigenvalue weighted by Crippen LogP contribution is 2.23. The highest BCUT2D eigenvalue weighted by atomic mass is 16.5. The predicted octanol–water partition coefficient (Wildman–Crippen LogP) is 2.04. The summed E-state index contributed by atoms with van der Waals surface area (Å²) in [7, 11) is 0. The molecule has 2 N–H and O–H groups in total. The molecule has 17 heavy (non-hydrogen) atoms. The first-order chi connectivity index (χ1) is 8.16. The summed E-state index contributed by atoms with van der Waals surface area (Å²) < 4.78 is 4.96. The molecule has 5 heteroatoms. The van der Waals surface area contributed by atoms with E-state index in [2.05, 4.69) is 17.4 Å². The number of hydrogen-bond acceptors (Lipinski definition) is 4. The molecule has 1 aromatic rings. The predicted molar refractivity (Wildman–Crippen MR) is 61.7 cm³/mol. The minimum Gasteiger partial charge on any atom is -0.476 e. The smallest absolute Gasteiger partial charge is 0.358 e. The van der Waals surface area contributed by atoms with Crippen molar-refractivity contribution in [1.29, 1.82) is 0 Å². The molecule has 0 aromatic carbocycles. The van der Waals surface area contributed by atoms with E-state index in [1.165, 1.54) is 31.7 Å². The Morgan fingerprint density at radius 3 is 3.00 bits per heavy atom. The molecule has 2 unspecified atom stereocenters. The first kappa shape index (κ1) is 12.1. The van der Waals surface area contributed by atoms with Gasteiger partial charge in [-0.1, -0.05) is 24.9 Å². The lowest BCUT2D eigenvalue weighted by atomic mass is 9.86. The van der Waals surface area contributed by atoms with Gasteiger partial charge in [0.05, 0.1) is 6.54 Å². The Kier molecular flexibility index (Phi) is 3.78. The van der Waals surface area contributed by atoms with Gasteiger partial charge in [0, 0.05) is 12.1 Å². The van der Waals surface area contributed by atoms with E-state index >= 15 is 0 Å². The van der Waals surface area contributed by atoms with Crippen molar-refractivity contribution in [3.8, 4) is 0 Å². The van der Waals surface area contributed by atoms with Crippen molar-refractivity contribution in [3.05, 3.63) is 17.5 Å². The monoisotopic (exact) mass is 238 g/mol. The van der Waals surface area contributed by atoms with Crippen LogP contribution in [0, 0.1) is 5.92 Å². The number of nitrogens with zero attached hydrogens (tertiary/aromatic N) is 1. The van der Waals surface area contributed by atoms with E-state index in [9.17, 15) is 4.79 Å². The van der Waals surface area contributed by atoms with E-state index < -0.39 is 5.97 Å². The second-order valence-corrected chi connectivity index (χ2v) is 4.73. The molecule has 1 aliphatic carbocycles. The second kappa shape index (κ2) is 5.31. The van der Waals surface area contributed by atoms with Crippen molar-refractivity contribution in [2.24, 2.45) is 5.92 Å². The lowest BCUT2D eigenvalue weighted by Crippen LogP contribution is -2.36. The van der Waals surface area contributed by atoms with E-state index in [1.54, 1.807) is 0 Å². The molecule has 1 heterocycles. The summed E-state index contributed by atoms with van der Waals surface area (Å²) in [6.07, 6.45) is 5.01. The quantitative estimate of drug-likeness (QED) is 0.839. The van der Waals surface area contributed by atoms with Gasteiger partial charge in [0.25, 0.3) is 0 Å². The van der Waals surface area contributed by atoms with Gasteiger partial charge in [0.2, 0.25) is 0 Å². The summed E-state index contributed by atoms with van der Waals surface area (Å²) in [5.74, 6) is 0.205. The molecule has 0 bridgehead atoms. The van der Waals surface area contributed by atoms with Crippen LogP contribution < -0.4 is 5.32 Å². The Labute approximate surface area is 100 Å². The molecule has 1 aliphatic rings. The van der Waals surface area contributed by atoms with Gasteiger partial charge >= 0.3 is 5.97 Å². The second-order valence-electron chi connectivity index (χ2n) is 4.73. The van der Waals surface area contributed by atoms with Gasteiger partial charge < -0.3 is 14.9 Å². The van der Waals surface area contributed by atoms with Crippen molar-refractivity contribution in [2.45, 2.75) is 45.2 Å². The largest absolute Gasteiger partial charge is 0.476 e. The fourth-order valence-electron chi connectivity index (χ4n) is 2.35. The zero-order chi connectivity index (χ0) is 12.3. The molecule has 0 radical (unpaired) electrons. The standard InChI is InChI=1S/C12H18N2O3/c1-8-4-2-3-5-10(8)13-7-9-6-11(12(15)16)14-17-9/h6,8,10,13H,2-5,7H2,1H3,(H,15,16). The molecule has 1 saturated carbocycles. The SMILES string of the molecule is CC1CCCCC1NCc1cc(C(=O)O)no1. The van der Waals surface area contributed by atoms with Gasteiger partial charge in [0.15, 0.2) is 11.5 Å². The van der Waals surface area contributed by atoms with Crippen LogP contribution in [0.3, 0.4) is 0 Å². The number of carboxylic acids is 1. The van der Waals surface area contributed by atoms with Crippen molar-refractivity contribution in [2.75, 3.05) is 0 Å². The highest BCUT2D eigenvalue weighted by Gasteiger charge is 2.21. The van der Waals surface area contributed by atoms with Crippen LogP contribution in [0.15, 0.2) is 10.6 Å². The molecule has 5 nitrogen and oxygen atoms in total. The molecule has 0 amide bonds. The zero-order valence-electron chi connectivity index (χ0n) is 9.98. The minimum atomic E-state index is -1.05.